The molecule has 0 bridgehead atoms. The summed E-state index contributed by atoms with van der Waals surface area (Å²) in [6.07, 6.45) is -3.99. The third kappa shape index (κ3) is 2.92. The van der Waals surface area contributed by atoms with Gasteiger partial charge >= 0.3 is 12.1 Å². The Hall–Kier alpha value is -1.15. The van der Waals surface area contributed by atoms with Crippen molar-refractivity contribution in [2.75, 3.05) is 6.54 Å². The average Bonchev–Trinajstić information content (AvgIpc) is 2.58. The molecule has 8 heteroatoms. The van der Waals surface area contributed by atoms with Gasteiger partial charge in [0.2, 0.25) is 0 Å². The van der Waals surface area contributed by atoms with Gasteiger partial charge in [0.05, 0.1) is 5.01 Å². The molecule has 1 rings (SSSR count). The van der Waals surface area contributed by atoms with Crippen LogP contribution in [0, 0.1) is 0 Å². The number of aromatic nitrogens is 1. The first kappa shape index (κ1) is 12.9. The Kier molecular flexibility index (Phi) is 3.87. The van der Waals surface area contributed by atoms with Gasteiger partial charge in [-0.3, -0.25) is 0 Å². The fourth-order valence-corrected chi connectivity index (χ4v) is 2.03. The summed E-state index contributed by atoms with van der Waals surface area (Å²) in [4.78, 5) is 13.1. The molecule has 0 unspecified atom stereocenters. The minimum atomic E-state index is -4.73. The van der Waals surface area contributed by atoms with Crippen molar-refractivity contribution in [1.29, 1.82) is 0 Å². The van der Waals surface area contributed by atoms with Gasteiger partial charge in [0.1, 0.15) is 4.88 Å². The van der Waals surface area contributed by atoms with Crippen LogP contribution in [0.1, 0.15) is 26.8 Å². The van der Waals surface area contributed by atoms with E-state index >= 15 is 0 Å². The van der Waals surface area contributed by atoms with Gasteiger partial charge in [0.15, 0.2) is 5.69 Å². The second kappa shape index (κ2) is 4.79. The maximum absolute atomic E-state index is 12.4. The first-order valence-electron chi connectivity index (χ1n) is 4.36. The Bertz CT molecular complexity index is 389. The van der Waals surface area contributed by atoms with Crippen LogP contribution >= 0.6 is 11.3 Å². The molecule has 0 aliphatic heterocycles. The normalized spacial score (nSPS) is 11.8. The maximum Gasteiger partial charge on any atom is 0.435 e. The van der Waals surface area contributed by atoms with E-state index in [-0.39, 0.29) is 11.4 Å². The molecule has 0 aromatic carbocycles. The van der Waals surface area contributed by atoms with E-state index in [9.17, 15) is 18.0 Å². The smallest absolute Gasteiger partial charge is 0.435 e. The van der Waals surface area contributed by atoms with Gasteiger partial charge in [-0.25, -0.2) is 9.78 Å². The van der Waals surface area contributed by atoms with Crippen molar-refractivity contribution in [2.45, 2.75) is 19.0 Å². The summed E-state index contributed by atoms with van der Waals surface area (Å²) < 4.78 is 37.2. The lowest BCUT2D eigenvalue weighted by Crippen LogP contribution is -2.11. The van der Waals surface area contributed by atoms with Gasteiger partial charge in [-0.1, -0.05) is 0 Å². The fourth-order valence-electron chi connectivity index (χ4n) is 1.06. The van der Waals surface area contributed by atoms with Crippen LogP contribution in [0.3, 0.4) is 0 Å². The first-order valence-corrected chi connectivity index (χ1v) is 5.18. The van der Waals surface area contributed by atoms with E-state index in [4.69, 9.17) is 10.8 Å². The monoisotopic (exact) mass is 254 g/mol. The molecule has 90 valence electrons. The van der Waals surface area contributed by atoms with Crippen LogP contribution in [-0.2, 0) is 12.6 Å². The third-order valence-corrected chi connectivity index (χ3v) is 2.83. The number of hydrogen-bond acceptors (Lipinski definition) is 4. The van der Waals surface area contributed by atoms with Gasteiger partial charge in [-0.2, -0.15) is 13.2 Å². The zero-order valence-electron chi connectivity index (χ0n) is 8.04. The van der Waals surface area contributed by atoms with E-state index in [1.54, 1.807) is 0 Å². The molecule has 1 heterocycles. The highest BCUT2D eigenvalue weighted by Crippen LogP contribution is 2.34. The molecule has 4 nitrogen and oxygen atoms in total. The van der Waals surface area contributed by atoms with E-state index in [1.807, 2.05) is 0 Å². The van der Waals surface area contributed by atoms with Gasteiger partial charge in [-0.05, 0) is 13.0 Å². The maximum atomic E-state index is 12.4. The molecule has 16 heavy (non-hydrogen) atoms. The number of hydrogen-bond donors (Lipinski definition) is 2. The molecular formula is C8H9F3N2O2S. The van der Waals surface area contributed by atoms with Crippen LogP contribution in [0.4, 0.5) is 13.2 Å². The number of aromatic carboxylic acids is 1. The van der Waals surface area contributed by atoms with Crippen LogP contribution < -0.4 is 5.73 Å². The van der Waals surface area contributed by atoms with Crippen LogP contribution in [0.2, 0.25) is 0 Å². The van der Waals surface area contributed by atoms with Crippen LogP contribution in [0.15, 0.2) is 0 Å². The number of nitrogens with two attached hydrogens (primary N) is 1. The number of carbonyl (C=O) groups is 1. The Balaban J connectivity index is 3.06. The topological polar surface area (TPSA) is 76.2 Å². The van der Waals surface area contributed by atoms with Crippen molar-refractivity contribution in [1.82, 2.24) is 4.98 Å². The fraction of sp³-hybridized carbons (Fsp3) is 0.500. The molecule has 0 spiro atoms. The summed E-state index contributed by atoms with van der Waals surface area (Å²) in [5, 5.41) is 8.76. The van der Waals surface area contributed by atoms with E-state index in [0.717, 1.165) is 0 Å². The van der Waals surface area contributed by atoms with Crippen LogP contribution in [-0.4, -0.2) is 22.6 Å². The van der Waals surface area contributed by atoms with E-state index in [2.05, 4.69) is 4.98 Å². The second-order valence-corrected chi connectivity index (χ2v) is 4.06. The number of carboxylic acid groups (broad SMARTS) is 1. The lowest BCUT2D eigenvalue weighted by Gasteiger charge is -2.02. The zero-order chi connectivity index (χ0) is 12.3. The minimum Gasteiger partial charge on any atom is -0.477 e. The number of carboxylic acids is 1. The number of alkyl halides is 3. The summed E-state index contributed by atoms with van der Waals surface area (Å²) in [6, 6.07) is 0. The second-order valence-electron chi connectivity index (χ2n) is 2.98. The molecule has 0 saturated carbocycles. The molecule has 0 saturated heterocycles. The molecule has 0 aliphatic carbocycles. The zero-order valence-corrected chi connectivity index (χ0v) is 8.86. The lowest BCUT2D eigenvalue weighted by atomic mass is 10.3. The van der Waals surface area contributed by atoms with Crippen molar-refractivity contribution >= 4 is 17.3 Å². The molecule has 0 radical (unpaired) electrons. The largest absolute Gasteiger partial charge is 0.477 e. The van der Waals surface area contributed by atoms with E-state index in [0.29, 0.717) is 24.3 Å². The summed E-state index contributed by atoms with van der Waals surface area (Å²) in [7, 11) is 0. The highest BCUT2D eigenvalue weighted by atomic mass is 32.1. The van der Waals surface area contributed by atoms with Crippen molar-refractivity contribution in [3.05, 3.63) is 15.6 Å². The van der Waals surface area contributed by atoms with Gasteiger partial charge in [0, 0.05) is 6.42 Å². The molecule has 0 amide bonds. The number of rotatable bonds is 4. The number of nitrogens with zero attached hydrogens (tertiary/aromatic N) is 1. The molecule has 0 aliphatic rings. The van der Waals surface area contributed by atoms with Crippen LogP contribution in [0.5, 0.6) is 0 Å². The van der Waals surface area contributed by atoms with Gasteiger partial charge in [-0.15, -0.1) is 11.3 Å². The molecule has 0 fully saturated rings. The Morgan fingerprint density at radius 1 is 1.50 bits per heavy atom. The molecule has 0 atom stereocenters. The highest BCUT2D eigenvalue weighted by molar-refractivity contribution is 7.13. The number of halogens is 3. The predicted octanol–water partition coefficient (Wildman–Crippen LogP) is 1.75. The van der Waals surface area contributed by atoms with Crippen LogP contribution in [0.25, 0.3) is 0 Å². The number of aryl methyl sites for hydroxylation is 1. The van der Waals surface area contributed by atoms with Gasteiger partial charge in [0.25, 0.3) is 0 Å². The average molecular weight is 254 g/mol. The Morgan fingerprint density at radius 2 is 2.12 bits per heavy atom. The van der Waals surface area contributed by atoms with Gasteiger partial charge < -0.3 is 10.8 Å². The van der Waals surface area contributed by atoms with Crippen molar-refractivity contribution < 1.29 is 23.1 Å². The molecule has 1 aromatic rings. The Morgan fingerprint density at radius 3 is 2.50 bits per heavy atom. The lowest BCUT2D eigenvalue weighted by molar-refractivity contribution is -0.141. The summed E-state index contributed by atoms with van der Waals surface area (Å²) >= 11 is 0.548. The summed E-state index contributed by atoms with van der Waals surface area (Å²) in [5.41, 5.74) is 3.88. The van der Waals surface area contributed by atoms with Crippen molar-refractivity contribution in [3.63, 3.8) is 0 Å². The highest BCUT2D eigenvalue weighted by Gasteiger charge is 2.39. The standard InChI is InChI=1S/C8H9F3N2O2S/c9-8(10,11)6-5(7(14)15)16-4(13-6)2-1-3-12/h1-3,12H2,(H,14,15). The predicted molar refractivity (Wildman–Crippen MR) is 51.5 cm³/mol. The van der Waals surface area contributed by atoms with E-state index < -0.39 is 22.7 Å². The van der Waals surface area contributed by atoms with Crippen molar-refractivity contribution in [2.24, 2.45) is 5.73 Å². The first-order chi connectivity index (χ1) is 7.36. The number of thiazole rings is 1. The van der Waals surface area contributed by atoms with E-state index in [1.165, 1.54) is 0 Å². The third-order valence-electron chi connectivity index (χ3n) is 1.73. The Labute approximate surface area is 92.9 Å². The SMILES string of the molecule is NCCCc1nc(C(F)(F)F)c(C(=O)O)s1. The molecule has 1 aromatic heterocycles. The molecular weight excluding hydrogens is 245 g/mol. The quantitative estimate of drug-likeness (QED) is 0.858. The molecule has 3 N–H and O–H groups in total. The minimum absolute atomic E-state index is 0.148. The van der Waals surface area contributed by atoms with Crippen molar-refractivity contribution in [3.8, 4) is 0 Å². The summed E-state index contributed by atoms with van der Waals surface area (Å²) in [5.74, 6) is -1.61. The summed E-state index contributed by atoms with van der Waals surface area (Å²) in [6.45, 7) is 0.323.